The van der Waals surface area contributed by atoms with Crippen molar-refractivity contribution in [2.24, 2.45) is 0 Å². The predicted octanol–water partition coefficient (Wildman–Crippen LogP) is 2.78. The molecule has 2 saturated heterocycles. The fourth-order valence-corrected chi connectivity index (χ4v) is 3.53. The van der Waals surface area contributed by atoms with E-state index in [4.69, 9.17) is 4.74 Å². The number of carbonyl (C=O) groups is 1. The molecule has 0 amide bonds. The second-order valence-corrected chi connectivity index (χ2v) is 6.72. The van der Waals surface area contributed by atoms with Crippen molar-refractivity contribution in [1.29, 1.82) is 0 Å². The Morgan fingerprint density at radius 1 is 1.22 bits per heavy atom. The Morgan fingerprint density at radius 3 is 2.57 bits per heavy atom. The molecule has 3 rings (SSSR count). The molecule has 0 radical (unpaired) electrons. The number of likely N-dealkylation sites (tertiary alicyclic amines) is 1. The molecule has 0 saturated carbocycles. The van der Waals surface area contributed by atoms with Crippen LogP contribution in [0.25, 0.3) is 0 Å². The fraction of sp³-hybridized carbons (Fsp3) is 0.611. The van der Waals surface area contributed by atoms with Crippen LogP contribution in [0.5, 0.6) is 0 Å². The molecule has 23 heavy (non-hydrogen) atoms. The van der Waals surface area contributed by atoms with Gasteiger partial charge in [0, 0.05) is 24.9 Å². The molecule has 2 aliphatic rings. The molecule has 1 aromatic carbocycles. The first-order valence-electron chi connectivity index (χ1n) is 8.53. The van der Waals surface area contributed by atoms with Gasteiger partial charge in [-0.05, 0) is 69.4 Å². The number of aromatic carboxylic acids is 1. The highest BCUT2D eigenvalue weighted by Crippen LogP contribution is 2.31. The first-order valence-corrected chi connectivity index (χ1v) is 8.53. The highest BCUT2D eigenvalue weighted by molar-refractivity contribution is 5.94. The third-order valence-corrected chi connectivity index (χ3v) is 5.04. The molecule has 1 aromatic rings. The van der Waals surface area contributed by atoms with Crippen molar-refractivity contribution in [3.63, 3.8) is 0 Å². The molecule has 5 nitrogen and oxygen atoms in total. The van der Waals surface area contributed by atoms with Crippen molar-refractivity contribution < 1.29 is 14.6 Å². The second kappa shape index (κ2) is 7.32. The number of carboxylic acid groups (broad SMARTS) is 1. The van der Waals surface area contributed by atoms with Crippen LogP contribution in [0.2, 0.25) is 0 Å². The average molecular weight is 318 g/mol. The minimum atomic E-state index is -0.866. The van der Waals surface area contributed by atoms with E-state index in [0.717, 1.165) is 57.7 Å². The van der Waals surface area contributed by atoms with Gasteiger partial charge in [-0.1, -0.05) is 6.07 Å². The summed E-state index contributed by atoms with van der Waals surface area (Å²) in [5, 5.41) is 12.9. The molecule has 0 aliphatic carbocycles. The van der Waals surface area contributed by atoms with Gasteiger partial charge in [0.05, 0.1) is 5.56 Å². The van der Waals surface area contributed by atoms with Crippen LogP contribution in [-0.2, 0) is 4.74 Å². The van der Waals surface area contributed by atoms with Crippen molar-refractivity contribution in [3.05, 3.63) is 29.3 Å². The predicted molar refractivity (Wildman–Crippen MR) is 90.3 cm³/mol. The molecule has 0 atom stereocenters. The number of rotatable bonds is 4. The fourth-order valence-electron chi connectivity index (χ4n) is 3.53. The van der Waals surface area contributed by atoms with Crippen molar-refractivity contribution in [2.45, 2.75) is 37.6 Å². The lowest BCUT2D eigenvalue weighted by atomic mass is 9.88. The third kappa shape index (κ3) is 4.03. The number of nitrogens with zero attached hydrogens (tertiary/aromatic N) is 1. The zero-order chi connectivity index (χ0) is 16.2. The van der Waals surface area contributed by atoms with Crippen LogP contribution >= 0.6 is 0 Å². The largest absolute Gasteiger partial charge is 0.478 e. The average Bonchev–Trinajstić information content (AvgIpc) is 2.56. The number of carboxylic acids is 1. The lowest BCUT2D eigenvalue weighted by Crippen LogP contribution is -2.30. The molecule has 0 bridgehead atoms. The summed E-state index contributed by atoms with van der Waals surface area (Å²) in [6, 6.07) is 6.12. The lowest BCUT2D eigenvalue weighted by molar-refractivity contribution is 0.0697. The highest BCUT2D eigenvalue weighted by Gasteiger charge is 2.22. The van der Waals surface area contributed by atoms with Gasteiger partial charge in [0.2, 0.25) is 0 Å². The Kier molecular flexibility index (Phi) is 5.18. The Labute approximate surface area is 137 Å². The monoisotopic (exact) mass is 318 g/mol. The van der Waals surface area contributed by atoms with Crippen LogP contribution in [0, 0.1) is 0 Å². The molecule has 2 heterocycles. The maximum Gasteiger partial charge on any atom is 0.337 e. The molecule has 2 fully saturated rings. The maximum absolute atomic E-state index is 11.5. The number of anilines is 1. The summed E-state index contributed by atoms with van der Waals surface area (Å²) in [6.45, 7) is 3.70. The number of benzene rings is 1. The molecular formula is C18H26N2O3. The van der Waals surface area contributed by atoms with Crippen LogP contribution in [0.3, 0.4) is 0 Å². The van der Waals surface area contributed by atoms with Gasteiger partial charge in [0.1, 0.15) is 0 Å². The van der Waals surface area contributed by atoms with E-state index in [9.17, 15) is 9.90 Å². The quantitative estimate of drug-likeness (QED) is 0.894. The topological polar surface area (TPSA) is 61.8 Å². The number of ether oxygens (including phenoxy) is 1. The third-order valence-electron chi connectivity index (χ3n) is 5.04. The first kappa shape index (κ1) is 16.3. The normalized spacial score (nSPS) is 21.3. The Balaban J connectivity index is 1.79. The van der Waals surface area contributed by atoms with Crippen molar-refractivity contribution in [3.8, 4) is 0 Å². The molecule has 0 spiro atoms. The Morgan fingerprint density at radius 2 is 1.91 bits per heavy atom. The van der Waals surface area contributed by atoms with Gasteiger partial charge in [-0.15, -0.1) is 0 Å². The molecule has 2 N–H and O–H groups in total. The van der Waals surface area contributed by atoms with E-state index in [1.807, 2.05) is 6.07 Å². The molecule has 0 aromatic heterocycles. The van der Waals surface area contributed by atoms with Gasteiger partial charge in [0.15, 0.2) is 0 Å². The van der Waals surface area contributed by atoms with Crippen LogP contribution < -0.4 is 5.32 Å². The number of nitrogens with one attached hydrogen (secondary N) is 1. The highest BCUT2D eigenvalue weighted by atomic mass is 16.5. The number of piperidine rings is 1. The Bertz CT molecular complexity index is 547. The van der Waals surface area contributed by atoms with Gasteiger partial charge in [0.25, 0.3) is 0 Å². The Hall–Kier alpha value is -1.59. The molecule has 5 heteroatoms. The van der Waals surface area contributed by atoms with Gasteiger partial charge in [-0.25, -0.2) is 4.79 Å². The summed E-state index contributed by atoms with van der Waals surface area (Å²) in [5.41, 5.74) is 2.40. The molecular weight excluding hydrogens is 292 g/mol. The summed E-state index contributed by atoms with van der Waals surface area (Å²) in [6.07, 6.45) is 4.13. The smallest absolute Gasteiger partial charge is 0.337 e. The zero-order valence-corrected chi connectivity index (χ0v) is 13.8. The van der Waals surface area contributed by atoms with E-state index in [-0.39, 0.29) is 0 Å². The van der Waals surface area contributed by atoms with E-state index in [1.165, 1.54) is 5.56 Å². The van der Waals surface area contributed by atoms with Crippen LogP contribution in [0.4, 0.5) is 5.69 Å². The summed E-state index contributed by atoms with van der Waals surface area (Å²) in [7, 11) is 2.15. The summed E-state index contributed by atoms with van der Waals surface area (Å²) < 4.78 is 5.38. The van der Waals surface area contributed by atoms with Crippen molar-refractivity contribution >= 4 is 11.7 Å². The van der Waals surface area contributed by atoms with Crippen LogP contribution in [0.15, 0.2) is 18.2 Å². The first-order chi connectivity index (χ1) is 11.1. The summed E-state index contributed by atoms with van der Waals surface area (Å²) >= 11 is 0. The minimum absolute atomic E-state index is 0.301. The van der Waals surface area contributed by atoms with Gasteiger partial charge in [-0.3, -0.25) is 0 Å². The molecule has 2 aliphatic heterocycles. The van der Waals surface area contributed by atoms with Crippen LogP contribution in [0.1, 0.15) is 47.5 Å². The molecule has 126 valence electrons. The van der Waals surface area contributed by atoms with Crippen molar-refractivity contribution in [1.82, 2.24) is 4.90 Å². The van der Waals surface area contributed by atoms with Gasteiger partial charge in [-0.2, -0.15) is 0 Å². The lowest BCUT2D eigenvalue weighted by Gasteiger charge is -2.30. The van der Waals surface area contributed by atoms with E-state index in [2.05, 4.69) is 23.3 Å². The van der Waals surface area contributed by atoms with E-state index < -0.39 is 5.97 Å². The SMILES string of the molecule is CN1CCC(c2ccc(C(=O)O)c(NC3CCOCC3)c2)CC1. The van der Waals surface area contributed by atoms with E-state index in [0.29, 0.717) is 17.5 Å². The summed E-state index contributed by atoms with van der Waals surface area (Å²) in [4.78, 5) is 13.9. The van der Waals surface area contributed by atoms with E-state index in [1.54, 1.807) is 6.07 Å². The summed E-state index contributed by atoms with van der Waals surface area (Å²) in [5.74, 6) is -0.334. The van der Waals surface area contributed by atoms with Crippen LogP contribution in [-0.4, -0.2) is 55.4 Å². The number of hydrogen-bond acceptors (Lipinski definition) is 4. The minimum Gasteiger partial charge on any atom is -0.478 e. The van der Waals surface area contributed by atoms with E-state index >= 15 is 0 Å². The van der Waals surface area contributed by atoms with Gasteiger partial charge < -0.3 is 20.1 Å². The second-order valence-electron chi connectivity index (χ2n) is 6.72. The maximum atomic E-state index is 11.5. The standard InChI is InChI=1S/C18H26N2O3/c1-20-8-4-13(5-9-20)14-2-3-16(18(21)22)17(12-14)19-15-6-10-23-11-7-15/h2-3,12-13,15,19H,4-11H2,1H3,(H,21,22). The number of hydrogen-bond donors (Lipinski definition) is 2. The molecule has 0 unspecified atom stereocenters. The van der Waals surface area contributed by atoms with Gasteiger partial charge >= 0.3 is 5.97 Å². The zero-order valence-electron chi connectivity index (χ0n) is 13.8. The van der Waals surface area contributed by atoms with Crippen molar-refractivity contribution in [2.75, 3.05) is 38.7 Å².